The Morgan fingerprint density at radius 3 is 2.69 bits per heavy atom. The SMILES string of the molecule is COCC(N)C(CO)N1CCC(C)CC1C. The molecule has 3 N–H and O–H groups in total. The average Bonchev–Trinajstić information content (AvgIpc) is 2.22. The first-order chi connectivity index (χ1) is 7.60. The number of aliphatic hydroxyl groups is 1. The quantitative estimate of drug-likeness (QED) is 0.719. The summed E-state index contributed by atoms with van der Waals surface area (Å²) in [6.45, 7) is 6.16. The molecule has 1 fully saturated rings. The summed E-state index contributed by atoms with van der Waals surface area (Å²) in [4.78, 5) is 2.34. The lowest BCUT2D eigenvalue weighted by molar-refractivity contribution is 0.0200. The lowest BCUT2D eigenvalue weighted by Crippen LogP contribution is -2.57. The largest absolute Gasteiger partial charge is 0.395 e. The van der Waals surface area contributed by atoms with Crippen LogP contribution in [0, 0.1) is 5.92 Å². The molecule has 0 aromatic rings. The van der Waals surface area contributed by atoms with Crippen molar-refractivity contribution in [3.63, 3.8) is 0 Å². The number of aliphatic hydroxyl groups excluding tert-OH is 1. The second kappa shape index (κ2) is 6.55. The lowest BCUT2D eigenvalue weighted by Gasteiger charge is -2.43. The van der Waals surface area contributed by atoms with E-state index < -0.39 is 0 Å². The molecule has 1 heterocycles. The van der Waals surface area contributed by atoms with Crippen LogP contribution in [0.2, 0.25) is 0 Å². The summed E-state index contributed by atoms with van der Waals surface area (Å²) in [7, 11) is 1.65. The van der Waals surface area contributed by atoms with Crippen molar-refractivity contribution >= 4 is 0 Å². The predicted octanol–water partition coefficient (Wildman–Crippen LogP) is 0.441. The number of ether oxygens (including phenoxy) is 1. The molecule has 1 aliphatic heterocycles. The first-order valence-electron chi connectivity index (χ1n) is 6.21. The van der Waals surface area contributed by atoms with Gasteiger partial charge in [-0.3, -0.25) is 4.90 Å². The van der Waals surface area contributed by atoms with Gasteiger partial charge in [-0.05, 0) is 32.2 Å². The molecule has 0 aliphatic carbocycles. The maximum Gasteiger partial charge on any atom is 0.0629 e. The van der Waals surface area contributed by atoms with Gasteiger partial charge in [-0.1, -0.05) is 6.92 Å². The van der Waals surface area contributed by atoms with Gasteiger partial charge in [0.05, 0.1) is 19.3 Å². The van der Waals surface area contributed by atoms with Crippen molar-refractivity contribution < 1.29 is 9.84 Å². The number of rotatable bonds is 5. The number of nitrogens with zero attached hydrogens (tertiary/aromatic N) is 1. The van der Waals surface area contributed by atoms with Crippen LogP contribution in [0.3, 0.4) is 0 Å². The third-order valence-electron chi connectivity index (χ3n) is 3.66. The van der Waals surface area contributed by atoms with Gasteiger partial charge < -0.3 is 15.6 Å². The van der Waals surface area contributed by atoms with Crippen molar-refractivity contribution in [2.24, 2.45) is 11.7 Å². The number of piperidine rings is 1. The number of hydrogen-bond donors (Lipinski definition) is 2. The normalized spacial score (nSPS) is 31.3. The van der Waals surface area contributed by atoms with Crippen LogP contribution in [-0.4, -0.2) is 55.0 Å². The zero-order valence-corrected chi connectivity index (χ0v) is 10.7. The van der Waals surface area contributed by atoms with Crippen molar-refractivity contribution in [2.75, 3.05) is 26.9 Å². The Morgan fingerprint density at radius 1 is 1.50 bits per heavy atom. The van der Waals surface area contributed by atoms with Crippen LogP contribution < -0.4 is 5.73 Å². The minimum atomic E-state index is -0.106. The summed E-state index contributed by atoms with van der Waals surface area (Å²) < 4.78 is 5.07. The molecule has 4 nitrogen and oxygen atoms in total. The molecule has 0 saturated carbocycles. The van der Waals surface area contributed by atoms with Crippen LogP contribution >= 0.6 is 0 Å². The summed E-state index contributed by atoms with van der Waals surface area (Å²) in [6.07, 6.45) is 2.39. The number of likely N-dealkylation sites (tertiary alicyclic amines) is 1. The smallest absolute Gasteiger partial charge is 0.0629 e. The van der Waals surface area contributed by atoms with E-state index in [0.29, 0.717) is 12.6 Å². The van der Waals surface area contributed by atoms with Gasteiger partial charge in [0.25, 0.3) is 0 Å². The average molecular weight is 230 g/mol. The van der Waals surface area contributed by atoms with Crippen LogP contribution in [0.15, 0.2) is 0 Å². The van der Waals surface area contributed by atoms with Gasteiger partial charge in [0.2, 0.25) is 0 Å². The Labute approximate surface area is 98.8 Å². The Hall–Kier alpha value is -0.160. The van der Waals surface area contributed by atoms with E-state index in [9.17, 15) is 5.11 Å². The molecule has 1 saturated heterocycles. The molecule has 0 amide bonds. The Bertz CT molecular complexity index is 197. The molecule has 4 heteroatoms. The van der Waals surface area contributed by atoms with Gasteiger partial charge in [-0.15, -0.1) is 0 Å². The van der Waals surface area contributed by atoms with E-state index in [0.717, 1.165) is 12.5 Å². The molecule has 0 bridgehead atoms. The molecule has 1 rings (SSSR count). The van der Waals surface area contributed by atoms with Crippen LogP contribution in [-0.2, 0) is 4.74 Å². The van der Waals surface area contributed by atoms with Gasteiger partial charge in [-0.2, -0.15) is 0 Å². The van der Waals surface area contributed by atoms with Crippen LogP contribution in [0.5, 0.6) is 0 Å². The summed E-state index contributed by atoms with van der Waals surface area (Å²) in [5.74, 6) is 0.782. The summed E-state index contributed by atoms with van der Waals surface area (Å²) in [6, 6.07) is 0.428. The van der Waals surface area contributed by atoms with E-state index in [1.165, 1.54) is 12.8 Å². The van der Waals surface area contributed by atoms with Crippen molar-refractivity contribution in [1.29, 1.82) is 0 Å². The molecule has 96 valence electrons. The van der Waals surface area contributed by atoms with E-state index in [2.05, 4.69) is 18.7 Å². The van der Waals surface area contributed by atoms with E-state index in [4.69, 9.17) is 10.5 Å². The highest BCUT2D eigenvalue weighted by Crippen LogP contribution is 2.24. The Kier molecular flexibility index (Phi) is 5.69. The number of hydrogen-bond acceptors (Lipinski definition) is 4. The van der Waals surface area contributed by atoms with Crippen molar-refractivity contribution in [3.05, 3.63) is 0 Å². The summed E-state index contributed by atoms with van der Waals surface area (Å²) in [5, 5.41) is 9.48. The Balaban J connectivity index is 2.57. The standard InChI is InChI=1S/C12H26N2O2/c1-9-4-5-14(10(2)6-9)12(7-15)11(13)8-16-3/h9-12,15H,4-8,13H2,1-3H3. The molecular weight excluding hydrogens is 204 g/mol. The third-order valence-corrected chi connectivity index (χ3v) is 3.66. The van der Waals surface area contributed by atoms with Gasteiger partial charge in [0.15, 0.2) is 0 Å². The maximum absolute atomic E-state index is 9.48. The van der Waals surface area contributed by atoms with Crippen LogP contribution in [0.1, 0.15) is 26.7 Å². The molecule has 16 heavy (non-hydrogen) atoms. The molecule has 1 aliphatic rings. The minimum Gasteiger partial charge on any atom is -0.395 e. The van der Waals surface area contributed by atoms with E-state index in [-0.39, 0.29) is 18.7 Å². The summed E-state index contributed by atoms with van der Waals surface area (Å²) >= 11 is 0. The molecule has 0 aromatic carbocycles. The first kappa shape index (κ1) is 13.9. The van der Waals surface area contributed by atoms with Gasteiger partial charge >= 0.3 is 0 Å². The highest BCUT2D eigenvalue weighted by Gasteiger charge is 2.31. The zero-order valence-electron chi connectivity index (χ0n) is 10.7. The number of methoxy groups -OCH3 is 1. The Morgan fingerprint density at radius 2 is 2.19 bits per heavy atom. The predicted molar refractivity (Wildman–Crippen MR) is 65.3 cm³/mol. The van der Waals surface area contributed by atoms with Gasteiger partial charge in [0.1, 0.15) is 0 Å². The maximum atomic E-state index is 9.48. The molecule has 4 atom stereocenters. The third kappa shape index (κ3) is 3.42. The van der Waals surface area contributed by atoms with E-state index in [1.54, 1.807) is 7.11 Å². The fourth-order valence-corrected chi connectivity index (χ4v) is 2.71. The van der Waals surface area contributed by atoms with Crippen molar-refractivity contribution in [1.82, 2.24) is 4.90 Å². The van der Waals surface area contributed by atoms with Crippen LogP contribution in [0.25, 0.3) is 0 Å². The van der Waals surface area contributed by atoms with Crippen LogP contribution in [0.4, 0.5) is 0 Å². The van der Waals surface area contributed by atoms with Crippen molar-refractivity contribution in [3.8, 4) is 0 Å². The second-order valence-corrected chi connectivity index (χ2v) is 5.09. The van der Waals surface area contributed by atoms with Gasteiger partial charge in [-0.25, -0.2) is 0 Å². The topological polar surface area (TPSA) is 58.7 Å². The van der Waals surface area contributed by atoms with E-state index >= 15 is 0 Å². The molecule has 0 spiro atoms. The lowest BCUT2D eigenvalue weighted by atomic mass is 9.91. The second-order valence-electron chi connectivity index (χ2n) is 5.09. The highest BCUT2D eigenvalue weighted by molar-refractivity contribution is 4.88. The molecule has 0 aromatic heterocycles. The molecule has 0 radical (unpaired) electrons. The molecular formula is C12H26N2O2. The fraction of sp³-hybridized carbons (Fsp3) is 1.00. The summed E-state index contributed by atoms with van der Waals surface area (Å²) in [5.41, 5.74) is 6.04. The van der Waals surface area contributed by atoms with Gasteiger partial charge in [0, 0.05) is 19.2 Å². The highest BCUT2D eigenvalue weighted by atomic mass is 16.5. The minimum absolute atomic E-state index is 0.0300. The zero-order chi connectivity index (χ0) is 12.1. The first-order valence-corrected chi connectivity index (χ1v) is 6.21. The monoisotopic (exact) mass is 230 g/mol. The molecule has 4 unspecified atom stereocenters. The van der Waals surface area contributed by atoms with Crippen molar-refractivity contribution in [2.45, 2.75) is 44.8 Å². The van der Waals surface area contributed by atoms with E-state index in [1.807, 2.05) is 0 Å². The fourth-order valence-electron chi connectivity index (χ4n) is 2.71. The number of nitrogens with two attached hydrogens (primary N) is 1.